The Bertz CT molecular complexity index is 2400. The van der Waals surface area contributed by atoms with E-state index in [-0.39, 0.29) is 37.6 Å². The zero-order chi connectivity index (χ0) is 36.2. The topological polar surface area (TPSA) is 50.9 Å². The minimum atomic E-state index is -0.195. The number of para-hydroxylation sites is 2. The van der Waals surface area contributed by atoms with Gasteiger partial charge in [0.05, 0.1) is 22.3 Å². The second-order valence-corrected chi connectivity index (χ2v) is 15.9. The molecule has 0 aliphatic heterocycles. The molecule has 0 aliphatic rings. The van der Waals surface area contributed by atoms with Crippen molar-refractivity contribution in [3.05, 3.63) is 143 Å². The zero-order valence-corrected chi connectivity index (χ0v) is 33.8. The molecule has 4 nitrogen and oxygen atoms in total. The first-order chi connectivity index (χ1) is 24.2. The first-order valence-corrected chi connectivity index (χ1v) is 17.7. The normalized spacial score (nSPS) is 11.9. The Labute approximate surface area is 322 Å². The minimum Gasteiger partial charge on any atom is -0.507 e. The maximum absolute atomic E-state index is 11.2. The summed E-state index contributed by atoms with van der Waals surface area (Å²) < 4.78 is 2.23. The molecular weight excluding hydrogens is 818 g/mol. The van der Waals surface area contributed by atoms with Crippen LogP contribution in [0.2, 0.25) is 0 Å². The van der Waals surface area contributed by atoms with Crippen LogP contribution in [0.4, 0.5) is 0 Å². The molecule has 0 spiro atoms. The van der Waals surface area contributed by atoms with E-state index >= 15 is 0 Å². The SMILES string of the molecule is Cc1cc(C)c(-n2c(-c3ccccc3O)nc3c(-c4[c-]c(-c5cc(-c6ccccc6)ccn5)c(C(C)(C)C)cc4C(C)(C)C)cccc32)c(C)c1.[Pt]. The number of hydrogen-bond donors (Lipinski definition) is 1. The third kappa shape index (κ3) is 6.77. The molecule has 0 atom stereocenters. The van der Waals surface area contributed by atoms with Crippen LogP contribution in [0.15, 0.2) is 109 Å². The molecule has 5 aromatic carbocycles. The second kappa shape index (κ2) is 14.0. The summed E-state index contributed by atoms with van der Waals surface area (Å²) in [5, 5.41) is 11.2. The molecule has 0 amide bonds. The van der Waals surface area contributed by atoms with Gasteiger partial charge in [0.25, 0.3) is 0 Å². The Morgan fingerprint density at radius 2 is 1.25 bits per heavy atom. The van der Waals surface area contributed by atoms with E-state index in [1.807, 2.05) is 30.5 Å². The van der Waals surface area contributed by atoms with E-state index < -0.39 is 0 Å². The number of rotatable bonds is 5. The quantitative estimate of drug-likeness (QED) is 0.175. The number of nitrogens with zero attached hydrogens (tertiary/aromatic N) is 3. The average Bonchev–Trinajstić information content (AvgIpc) is 3.46. The molecule has 2 heterocycles. The van der Waals surface area contributed by atoms with Gasteiger partial charge in [-0.1, -0.05) is 131 Å². The number of phenolic OH excluding ortho intramolecular Hbond substituents is 1. The molecule has 0 bridgehead atoms. The molecule has 0 saturated heterocycles. The van der Waals surface area contributed by atoms with Crippen molar-refractivity contribution >= 4 is 11.0 Å². The summed E-state index contributed by atoms with van der Waals surface area (Å²) in [5.74, 6) is 0.896. The largest absolute Gasteiger partial charge is 0.507 e. The molecule has 7 rings (SSSR count). The predicted molar refractivity (Wildman–Crippen MR) is 213 cm³/mol. The van der Waals surface area contributed by atoms with E-state index in [1.54, 1.807) is 6.07 Å². The molecule has 0 fully saturated rings. The number of aryl methyl sites for hydroxylation is 3. The van der Waals surface area contributed by atoms with E-state index in [9.17, 15) is 5.11 Å². The fourth-order valence-electron chi connectivity index (χ4n) is 7.42. The van der Waals surface area contributed by atoms with Crippen LogP contribution in [0.25, 0.3) is 61.6 Å². The monoisotopic (exact) mass is 863 g/mol. The van der Waals surface area contributed by atoms with Gasteiger partial charge in [0.1, 0.15) is 11.6 Å². The van der Waals surface area contributed by atoms with Crippen molar-refractivity contribution in [3.8, 4) is 56.3 Å². The van der Waals surface area contributed by atoms with Gasteiger partial charge >= 0.3 is 0 Å². The number of imidazole rings is 1. The zero-order valence-electron chi connectivity index (χ0n) is 31.5. The Morgan fingerprint density at radius 1 is 0.635 bits per heavy atom. The van der Waals surface area contributed by atoms with E-state index in [1.165, 1.54) is 16.7 Å². The number of hydrogen-bond acceptors (Lipinski definition) is 3. The summed E-state index contributed by atoms with van der Waals surface area (Å²) in [7, 11) is 0. The van der Waals surface area contributed by atoms with Gasteiger partial charge in [0, 0.05) is 33.0 Å². The van der Waals surface area contributed by atoms with Crippen LogP contribution >= 0.6 is 0 Å². The number of aromatic hydroxyl groups is 1. The number of pyridine rings is 1. The summed E-state index contributed by atoms with van der Waals surface area (Å²) >= 11 is 0. The second-order valence-electron chi connectivity index (χ2n) is 15.9. The van der Waals surface area contributed by atoms with Crippen LogP contribution in [-0.4, -0.2) is 19.6 Å². The average molecular weight is 864 g/mol. The minimum absolute atomic E-state index is 0. The molecular formula is C47H46N3OPt-. The van der Waals surface area contributed by atoms with Crippen LogP contribution < -0.4 is 0 Å². The Hall–Kier alpha value is -4.79. The molecule has 1 N–H and O–H groups in total. The third-order valence-electron chi connectivity index (χ3n) is 9.78. The predicted octanol–water partition coefficient (Wildman–Crippen LogP) is 12.1. The summed E-state index contributed by atoms with van der Waals surface area (Å²) in [6, 6.07) is 39.4. The van der Waals surface area contributed by atoms with Gasteiger partial charge in [-0.25, -0.2) is 4.98 Å². The standard InChI is InChI=1S/C47H46N3O.Pt/c1-29-24-30(2)44(31(3)25-29)50-41-20-15-19-34(43(41)49-45(50)35-18-13-14-21-42(35)51)36-27-37(39(47(7,8)9)28-38(36)46(4,5)6)40-26-33(22-23-48-40)32-16-11-10-12-17-32;/h10-26,28,51H,1-9H3;/q-1;. The summed E-state index contributed by atoms with van der Waals surface area (Å²) in [4.78, 5) is 10.4. The first kappa shape index (κ1) is 37.0. The fourth-order valence-corrected chi connectivity index (χ4v) is 7.42. The summed E-state index contributed by atoms with van der Waals surface area (Å²) in [5.41, 5.74) is 15.3. The van der Waals surface area contributed by atoms with Crippen molar-refractivity contribution < 1.29 is 26.2 Å². The molecule has 266 valence electrons. The van der Waals surface area contributed by atoms with E-state index in [0.717, 1.165) is 61.4 Å². The summed E-state index contributed by atoms with van der Waals surface area (Å²) in [6.45, 7) is 20.0. The molecule has 2 aromatic heterocycles. The smallest absolute Gasteiger partial charge is 0.148 e. The van der Waals surface area contributed by atoms with Crippen LogP contribution in [0.3, 0.4) is 0 Å². The maximum Gasteiger partial charge on any atom is 0.148 e. The van der Waals surface area contributed by atoms with Gasteiger partial charge in [-0.2, -0.15) is 0 Å². The molecule has 0 radical (unpaired) electrons. The molecule has 0 unspecified atom stereocenters. The van der Waals surface area contributed by atoms with Crippen LogP contribution in [0.1, 0.15) is 69.4 Å². The van der Waals surface area contributed by atoms with Crippen molar-refractivity contribution in [1.82, 2.24) is 14.5 Å². The van der Waals surface area contributed by atoms with Crippen molar-refractivity contribution in [3.63, 3.8) is 0 Å². The van der Waals surface area contributed by atoms with Gasteiger partial charge < -0.3 is 5.11 Å². The van der Waals surface area contributed by atoms with Crippen molar-refractivity contribution in [1.29, 1.82) is 0 Å². The first-order valence-electron chi connectivity index (χ1n) is 17.7. The molecule has 5 heteroatoms. The van der Waals surface area contributed by atoms with Crippen LogP contribution in [-0.2, 0) is 31.9 Å². The van der Waals surface area contributed by atoms with E-state index in [4.69, 9.17) is 9.97 Å². The Balaban J connectivity index is 0.00000464. The van der Waals surface area contributed by atoms with Gasteiger partial charge in [0.2, 0.25) is 0 Å². The Morgan fingerprint density at radius 3 is 1.90 bits per heavy atom. The summed E-state index contributed by atoms with van der Waals surface area (Å²) in [6.07, 6.45) is 1.91. The van der Waals surface area contributed by atoms with Crippen LogP contribution in [0, 0.1) is 26.8 Å². The van der Waals surface area contributed by atoms with Crippen molar-refractivity contribution in [2.75, 3.05) is 0 Å². The molecule has 7 aromatic rings. The number of phenols is 1. The van der Waals surface area contributed by atoms with Gasteiger partial charge in [-0.05, 0) is 78.1 Å². The van der Waals surface area contributed by atoms with Gasteiger partial charge in [0.15, 0.2) is 0 Å². The van der Waals surface area contributed by atoms with Gasteiger partial charge in [-0.3, -0.25) is 9.55 Å². The number of fused-ring (bicyclic) bond motifs is 1. The van der Waals surface area contributed by atoms with Crippen molar-refractivity contribution in [2.24, 2.45) is 0 Å². The molecule has 0 saturated carbocycles. The third-order valence-corrected chi connectivity index (χ3v) is 9.78. The van der Waals surface area contributed by atoms with E-state index in [0.29, 0.717) is 11.4 Å². The number of aromatic nitrogens is 3. The van der Waals surface area contributed by atoms with Gasteiger partial charge in [-0.15, -0.1) is 28.8 Å². The Kier molecular flexibility index (Phi) is 9.94. The molecule has 52 heavy (non-hydrogen) atoms. The van der Waals surface area contributed by atoms with Crippen molar-refractivity contribution in [2.45, 2.75) is 73.1 Å². The maximum atomic E-state index is 11.2. The molecule has 0 aliphatic carbocycles. The van der Waals surface area contributed by atoms with E-state index in [2.05, 4.69) is 146 Å². The fraction of sp³-hybridized carbons (Fsp3) is 0.234. The van der Waals surface area contributed by atoms with Crippen LogP contribution in [0.5, 0.6) is 5.75 Å². The number of benzene rings is 5.